The Balaban J connectivity index is 1.84. The molecule has 2 aromatic rings. The lowest BCUT2D eigenvalue weighted by Crippen LogP contribution is -2.33. The van der Waals surface area contributed by atoms with E-state index >= 15 is 0 Å². The summed E-state index contributed by atoms with van der Waals surface area (Å²) in [6, 6.07) is 1.37. The van der Waals surface area contributed by atoms with Crippen molar-refractivity contribution in [3.8, 4) is 0 Å². The summed E-state index contributed by atoms with van der Waals surface area (Å²) in [5.74, 6) is -1.78. The third kappa shape index (κ3) is 3.69. The molecule has 5 nitrogen and oxygen atoms in total. The van der Waals surface area contributed by atoms with Gasteiger partial charge in [-0.2, -0.15) is 0 Å². The van der Waals surface area contributed by atoms with Crippen molar-refractivity contribution < 1.29 is 13.6 Å². The van der Waals surface area contributed by atoms with Gasteiger partial charge in [0, 0.05) is 28.5 Å². The molecule has 1 aliphatic heterocycles. The lowest BCUT2D eigenvalue weighted by atomic mass is 9.93. The van der Waals surface area contributed by atoms with Crippen LogP contribution in [0.25, 0.3) is 6.08 Å². The zero-order valence-electron chi connectivity index (χ0n) is 16.2. The monoisotopic (exact) mass is 387 g/mol. The Morgan fingerprint density at radius 3 is 2.68 bits per heavy atom. The summed E-state index contributed by atoms with van der Waals surface area (Å²) in [7, 11) is 0. The molecule has 0 aliphatic carbocycles. The lowest BCUT2D eigenvalue weighted by Gasteiger charge is -2.23. The average molecular weight is 387 g/mol. The van der Waals surface area contributed by atoms with Crippen LogP contribution in [-0.4, -0.2) is 10.9 Å². The molecule has 2 atom stereocenters. The number of benzene rings is 1. The number of nitrogens with one attached hydrogen (secondary N) is 3. The van der Waals surface area contributed by atoms with Crippen LogP contribution in [0.1, 0.15) is 59.4 Å². The van der Waals surface area contributed by atoms with E-state index in [4.69, 9.17) is 0 Å². The maximum Gasteiger partial charge on any atom is 0.252 e. The van der Waals surface area contributed by atoms with E-state index in [0.717, 1.165) is 22.9 Å². The third-order valence-electron chi connectivity index (χ3n) is 5.15. The number of aromatic nitrogens is 1. The van der Waals surface area contributed by atoms with Crippen LogP contribution in [0.4, 0.5) is 8.78 Å². The van der Waals surface area contributed by atoms with Gasteiger partial charge in [0.15, 0.2) is 0 Å². The van der Waals surface area contributed by atoms with Crippen LogP contribution in [0.2, 0.25) is 0 Å². The standard InChI is InChI=1S/C21H23F2N3O2/c1-10-7-14(22)8-16(23)19(10)13(4)25-18(27)9-15-11(2)20-12(3)24-6-5-17(20)26-21(15)28/h5-8,12-13,24H,9H2,1-4H3,(H,25,27)(H,26,28)/t12?,13-/m0/s1. The highest BCUT2D eigenvalue weighted by Gasteiger charge is 2.22. The van der Waals surface area contributed by atoms with Gasteiger partial charge in [0.05, 0.1) is 18.5 Å². The average Bonchev–Trinajstić information content (AvgIpc) is 2.57. The quantitative estimate of drug-likeness (QED) is 0.753. The molecule has 28 heavy (non-hydrogen) atoms. The zero-order chi connectivity index (χ0) is 20.6. The number of carbonyl (C=O) groups is 1. The minimum absolute atomic E-state index is 0.00791. The van der Waals surface area contributed by atoms with Gasteiger partial charge in [-0.05, 0) is 57.2 Å². The molecule has 7 heteroatoms. The molecule has 1 aromatic heterocycles. The van der Waals surface area contributed by atoms with Gasteiger partial charge in [-0.3, -0.25) is 9.59 Å². The Kier molecular flexibility index (Phi) is 5.36. The number of hydrogen-bond acceptors (Lipinski definition) is 3. The summed E-state index contributed by atoms with van der Waals surface area (Å²) < 4.78 is 27.4. The number of rotatable bonds is 4. The second-order valence-corrected chi connectivity index (χ2v) is 7.19. The Hall–Kier alpha value is -2.96. The van der Waals surface area contributed by atoms with Gasteiger partial charge in [-0.25, -0.2) is 8.78 Å². The maximum atomic E-state index is 14.1. The van der Waals surface area contributed by atoms with Crippen molar-refractivity contribution in [3.63, 3.8) is 0 Å². The molecule has 0 saturated heterocycles. The van der Waals surface area contributed by atoms with E-state index in [9.17, 15) is 18.4 Å². The number of halogens is 2. The van der Waals surface area contributed by atoms with E-state index in [1.165, 1.54) is 6.07 Å². The third-order valence-corrected chi connectivity index (χ3v) is 5.15. The van der Waals surface area contributed by atoms with Gasteiger partial charge in [0.2, 0.25) is 5.91 Å². The van der Waals surface area contributed by atoms with Crippen LogP contribution < -0.4 is 16.2 Å². The van der Waals surface area contributed by atoms with Crippen molar-refractivity contribution in [3.05, 3.63) is 73.8 Å². The van der Waals surface area contributed by atoms with Crippen LogP contribution in [0.5, 0.6) is 0 Å². The van der Waals surface area contributed by atoms with Gasteiger partial charge in [-0.15, -0.1) is 0 Å². The highest BCUT2D eigenvalue weighted by atomic mass is 19.1. The molecular weight excluding hydrogens is 364 g/mol. The summed E-state index contributed by atoms with van der Waals surface area (Å²) >= 11 is 0. The number of H-pyrrole nitrogens is 1. The molecule has 2 heterocycles. The number of amides is 1. The molecule has 0 radical (unpaired) electrons. The lowest BCUT2D eigenvalue weighted by molar-refractivity contribution is -0.121. The predicted octanol–water partition coefficient (Wildman–Crippen LogP) is 3.32. The van der Waals surface area contributed by atoms with E-state index < -0.39 is 23.6 Å². The number of pyridine rings is 1. The number of fused-ring (bicyclic) bond motifs is 1. The molecule has 1 aliphatic rings. The molecule has 1 amide bonds. The predicted molar refractivity (Wildman–Crippen MR) is 104 cm³/mol. The number of carbonyl (C=O) groups excluding carboxylic acids is 1. The van der Waals surface area contributed by atoms with Crippen LogP contribution in [-0.2, 0) is 11.2 Å². The first-order chi connectivity index (χ1) is 13.2. The summed E-state index contributed by atoms with van der Waals surface area (Å²) in [5, 5.41) is 5.88. The van der Waals surface area contributed by atoms with Gasteiger partial charge >= 0.3 is 0 Å². The van der Waals surface area contributed by atoms with Crippen molar-refractivity contribution >= 4 is 12.0 Å². The summed E-state index contributed by atoms with van der Waals surface area (Å²) in [5.41, 5.74) is 3.14. The first-order valence-electron chi connectivity index (χ1n) is 9.12. The minimum atomic E-state index is -0.709. The minimum Gasteiger partial charge on any atom is -0.384 e. The Labute approximate surface area is 161 Å². The number of hydrogen-bond donors (Lipinski definition) is 3. The van der Waals surface area contributed by atoms with Crippen LogP contribution in [0, 0.1) is 25.5 Å². The fraction of sp³-hybridized carbons (Fsp3) is 0.333. The summed E-state index contributed by atoms with van der Waals surface area (Å²) in [6.07, 6.45) is 3.43. The molecule has 0 spiro atoms. The molecule has 0 saturated carbocycles. The van der Waals surface area contributed by atoms with E-state index in [1.807, 2.05) is 13.8 Å². The van der Waals surface area contributed by atoms with E-state index in [1.54, 1.807) is 26.1 Å². The highest BCUT2D eigenvalue weighted by Crippen LogP contribution is 2.26. The fourth-order valence-corrected chi connectivity index (χ4v) is 3.85. The number of aromatic amines is 1. The molecule has 3 rings (SSSR count). The topological polar surface area (TPSA) is 74.0 Å². The first-order valence-corrected chi connectivity index (χ1v) is 9.12. The van der Waals surface area contributed by atoms with Gasteiger partial charge in [-0.1, -0.05) is 0 Å². The SMILES string of the molecule is Cc1cc(F)cc(F)c1[C@H](C)NC(=O)Cc1c(C)c2c([nH]c1=O)C=CNC2C. The van der Waals surface area contributed by atoms with Gasteiger partial charge in [0.1, 0.15) is 11.6 Å². The van der Waals surface area contributed by atoms with Gasteiger partial charge < -0.3 is 15.6 Å². The van der Waals surface area contributed by atoms with Crippen molar-refractivity contribution in [2.24, 2.45) is 0 Å². The van der Waals surface area contributed by atoms with Crippen molar-refractivity contribution in [1.82, 2.24) is 15.6 Å². The fourth-order valence-electron chi connectivity index (χ4n) is 3.85. The van der Waals surface area contributed by atoms with E-state index in [0.29, 0.717) is 11.1 Å². The van der Waals surface area contributed by atoms with Crippen LogP contribution in [0.3, 0.4) is 0 Å². The Morgan fingerprint density at radius 2 is 2.00 bits per heavy atom. The second-order valence-electron chi connectivity index (χ2n) is 7.19. The van der Waals surface area contributed by atoms with E-state index in [2.05, 4.69) is 15.6 Å². The van der Waals surface area contributed by atoms with E-state index in [-0.39, 0.29) is 23.6 Å². The smallest absolute Gasteiger partial charge is 0.252 e. The largest absolute Gasteiger partial charge is 0.384 e. The molecule has 0 bridgehead atoms. The molecule has 148 valence electrons. The highest BCUT2D eigenvalue weighted by molar-refractivity contribution is 5.79. The maximum absolute atomic E-state index is 14.1. The first kappa shape index (κ1) is 19.8. The Morgan fingerprint density at radius 1 is 1.29 bits per heavy atom. The normalized spacial score (nSPS) is 16.3. The van der Waals surface area contributed by atoms with Crippen molar-refractivity contribution in [2.75, 3.05) is 0 Å². The summed E-state index contributed by atoms with van der Waals surface area (Å²) in [4.78, 5) is 27.8. The van der Waals surface area contributed by atoms with Crippen LogP contribution in [0.15, 0.2) is 23.1 Å². The molecule has 3 N–H and O–H groups in total. The number of aryl methyl sites for hydroxylation is 1. The second kappa shape index (κ2) is 7.58. The zero-order valence-corrected chi connectivity index (χ0v) is 16.2. The molecular formula is C21H23F2N3O2. The molecule has 1 aromatic carbocycles. The van der Waals surface area contributed by atoms with Crippen molar-refractivity contribution in [1.29, 1.82) is 0 Å². The van der Waals surface area contributed by atoms with Crippen molar-refractivity contribution in [2.45, 2.75) is 46.2 Å². The molecule has 0 fully saturated rings. The van der Waals surface area contributed by atoms with Gasteiger partial charge in [0.25, 0.3) is 5.56 Å². The van der Waals surface area contributed by atoms with Crippen LogP contribution >= 0.6 is 0 Å². The Bertz CT molecular complexity index is 1000. The summed E-state index contributed by atoms with van der Waals surface area (Å²) in [6.45, 7) is 7.01. The molecule has 1 unspecified atom stereocenters.